The molecular formula is C20H18N2O2S. The van der Waals surface area contributed by atoms with Crippen molar-refractivity contribution >= 4 is 35.0 Å². The maximum atomic E-state index is 12.6. The molecule has 5 heteroatoms. The summed E-state index contributed by atoms with van der Waals surface area (Å²) in [6, 6.07) is 15.4. The number of nitrogens with one attached hydrogen (secondary N) is 1. The first-order valence-electron chi connectivity index (χ1n) is 7.83. The summed E-state index contributed by atoms with van der Waals surface area (Å²) in [5.74, 6) is 0.609. The van der Waals surface area contributed by atoms with Crippen molar-refractivity contribution in [3.8, 4) is 5.75 Å². The predicted octanol–water partition coefficient (Wildman–Crippen LogP) is 3.82. The second-order valence-corrected chi connectivity index (χ2v) is 5.97. The van der Waals surface area contributed by atoms with E-state index in [1.165, 1.54) is 4.90 Å². The number of nitrogens with zero attached hydrogens (tertiary/aromatic N) is 1. The molecule has 25 heavy (non-hydrogen) atoms. The highest BCUT2D eigenvalue weighted by Crippen LogP contribution is 2.22. The van der Waals surface area contributed by atoms with Crippen molar-refractivity contribution in [3.05, 3.63) is 77.5 Å². The van der Waals surface area contributed by atoms with Crippen LogP contribution in [0.2, 0.25) is 0 Å². The highest BCUT2D eigenvalue weighted by molar-refractivity contribution is 7.80. The number of hydrogen-bond acceptors (Lipinski definition) is 3. The summed E-state index contributed by atoms with van der Waals surface area (Å²) in [4.78, 5) is 14.1. The summed E-state index contributed by atoms with van der Waals surface area (Å²) in [7, 11) is 1.63. The Bertz CT molecular complexity index is 870. The van der Waals surface area contributed by atoms with E-state index in [0.29, 0.717) is 10.8 Å². The van der Waals surface area contributed by atoms with Crippen molar-refractivity contribution in [3.63, 3.8) is 0 Å². The van der Waals surface area contributed by atoms with Gasteiger partial charge in [-0.15, -0.1) is 0 Å². The molecule has 0 bridgehead atoms. The summed E-state index contributed by atoms with van der Waals surface area (Å²) in [6.07, 6.45) is 5.41. The van der Waals surface area contributed by atoms with Crippen LogP contribution >= 0.6 is 12.2 Å². The van der Waals surface area contributed by atoms with Crippen LogP contribution < -0.4 is 15.0 Å². The van der Waals surface area contributed by atoms with Gasteiger partial charge in [0.1, 0.15) is 11.4 Å². The lowest BCUT2D eigenvalue weighted by Crippen LogP contribution is -2.30. The van der Waals surface area contributed by atoms with E-state index in [4.69, 9.17) is 17.0 Å². The van der Waals surface area contributed by atoms with Crippen LogP contribution in [0.15, 0.2) is 66.4 Å². The third kappa shape index (κ3) is 3.61. The monoisotopic (exact) mass is 350 g/mol. The minimum Gasteiger partial charge on any atom is -0.496 e. The third-order valence-electron chi connectivity index (χ3n) is 3.85. The molecule has 1 N–H and O–H groups in total. The first-order chi connectivity index (χ1) is 12.1. The van der Waals surface area contributed by atoms with Crippen molar-refractivity contribution in [1.82, 2.24) is 5.32 Å². The molecule has 1 fully saturated rings. The highest BCUT2D eigenvalue weighted by atomic mass is 32.1. The Morgan fingerprint density at radius 2 is 1.84 bits per heavy atom. The molecule has 1 aliphatic rings. The Morgan fingerprint density at radius 1 is 1.12 bits per heavy atom. The van der Waals surface area contributed by atoms with Crippen LogP contribution in [0.25, 0.3) is 6.08 Å². The lowest BCUT2D eigenvalue weighted by Gasteiger charge is -2.13. The number of allylic oxidation sites excluding steroid dienone is 2. The number of ether oxygens (including phenoxy) is 1. The predicted molar refractivity (Wildman–Crippen MR) is 105 cm³/mol. The van der Waals surface area contributed by atoms with Crippen LogP contribution in [-0.4, -0.2) is 18.1 Å². The molecule has 0 aliphatic carbocycles. The molecule has 0 unspecified atom stereocenters. The molecule has 0 aromatic heterocycles. The van der Waals surface area contributed by atoms with Gasteiger partial charge >= 0.3 is 0 Å². The minimum absolute atomic E-state index is 0.168. The number of aryl methyl sites for hydroxylation is 1. The zero-order valence-corrected chi connectivity index (χ0v) is 14.8. The fourth-order valence-corrected chi connectivity index (χ4v) is 2.83. The van der Waals surface area contributed by atoms with Gasteiger partial charge in [-0.2, -0.15) is 0 Å². The molecule has 1 amide bonds. The molecule has 0 saturated carbocycles. The fourth-order valence-electron chi connectivity index (χ4n) is 2.53. The second-order valence-electron chi connectivity index (χ2n) is 5.59. The molecule has 126 valence electrons. The lowest BCUT2D eigenvalue weighted by molar-refractivity contribution is -0.113. The number of benzene rings is 2. The maximum Gasteiger partial charge on any atom is 0.281 e. The maximum absolute atomic E-state index is 12.6. The van der Waals surface area contributed by atoms with Crippen molar-refractivity contribution in [2.45, 2.75) is 6.92 Å². The Labute approximate surface area is 152 Å². The smallest absolute Gasteiger partial charge is 0.281 e. The molecule has 1 saturated heterocycles. The summed E-state index contributed by atoms with van der Waals surface area (Å²) < 4.78 is 5.31. The van der Waals surface area contributed by atoms with Gasteiger partial charge in [-0.05, 0) is 43.4 Å². The van der Waals surface area contributed by atoms with Gasteiger partial charge in [-0.1, -0.05) is 48.0 Å². The molecule has 3 rings (SSSR count). The zero-order valence-electron chi connectivity index (χ0n) is 14.0. The van der Waals surface area contributed by atoms with Crippen molar-refractivity contribution in [1.29, 1.82) is 0 Å². The van der Waals surface area contributed by atoms with Crippen molar-refractivity contribution < 1.29 is 9.53 Å². The van der Waals surface area contributed by atoms with E-state index in [-0.39, 0.29) is 5.91 Å². The topological polar surface area (TPSA) is 41.6 Å². The number of thiocarbonyl (C=S) groups is 1. The van der Waals surface area contributed by atoms with E-state index in [1.54, 1.807) is 19.3 Å². The number of para-hydroxylation sites is 1. The van der Waals surface area contributed by atoms with Crippen LogP contribution in [0.5, 0.6) is 5.75 Å². The van der Waals surface area contributed by atoms with Gasteiger partial charge in [0.05, 0.1) is 12.8 Å². The Kier molecular flexibility index (Phi) is 4.95. The van der Waals surface area contributed by atoms with Gasteiger partial charge in [0, 0.05) is 5.56 Å². The number of methoxy groups -OCH3 is 1. The number of amides is 1. The molecule has 0 atom stereocenters. The molecule has 1 aliphatic heterocycles. The average Bonchev–Trinajstić information content (AvgIpc) is 2.90. The zero-order chi connectivity index (χ0) is 17.8. The number of rotatable bonds is 4. The van der Waals surface area contributed by atoms with Crippen LogP contribution in [-0.2, 0) is 4.79 Å². The van der Waals surface area contributed by atoms with E-state index in [0.717, 1.165) is 22.6 Å². The second kappa shape index (κ2) is 7.32. The molecule has 4 nitrogen and oxygen atoms in total. The molecule has 0 spiro atoms. The van der Waals surface area contributed by atoms with E-state index in [2.05, 4.69) is 5.32 Å². The van der Waals surface area contributed by atoms with Crippen LogP contribution in [0, 0.1) is 6.92 Å². The van der Waals surface area contributed by atoms with Crippen molar-refractivity contribution in [2.24, 2.45) is 0 Å². The van der Waals surface area contributed by atoms with Crippen LogP contribution in [0.3, 0.4) is 0 Å². The van der Waals surface area contributed by atoms with E-state index in [9.17, 15) is 4.79 Å². The highest BCUT2D eigenvalue weighted by Gasteiger charge is 2.31. The number of carbonyl (C=O) groups excluding carboxylic acids is 1. The summed E-state index contributed by atoms with van der Waals surface area (Å²) in [5.41, 5.74) is 3.26. The standard InChI is InChI=1S/C20H18N2O2S/c1-14-10-12-16(13-11-14)22-19(23)17(21-20(22)25)8-5-7-15-6-3-4-9-18(15)24-2/h3-13H,1-2H3,(H,21,25)/b7-5+,17-8-. The van der Waals surface area contributed by atoms with Crippen LogP contribution in [0.4, 0.5) is 5.69 Å². The third-order valence-corrected chi connectivity index (χ3v) is 4.13. The van der Waals surface area contributed by atoms with Crippen molar-refractivity contribution in [2.75, 3.05) is 12.0 Å². The molecule has 2 aromatic carbocycles. The Balaban J connectivity index is 1.81. The molecule has 2 aromatic rings. The number of carbonyl (C=O) groups is 1. The van der Waals surface area contributed by atoms with E-state index in [1.807, 2.05) is 61.5 Å². The normalized spacial score (nSPS) is 15.9. The molecule has 1 heterocycles. The SMILES string of the molecule is COc1ccccc1/C=C/C=C1\NC(=S)N(c2ccc(C)cc2)C1=O. The molecular weight excluding hydrogens is 332 g/mol. The summed E-state index contributed by atoms with van der Waals surface area (Å²) in [6.45, 7) is 2.00. The van der Waals surface area contributed by atoms with Gasteiger partial charge in [0.25, 0.3) is 5.91 Å². The minimum atomic E-state index is -0.168. The van der Waals surface area contributed by atoms with E-state index < -0.39 is 0 Å². The van der Waals surface area contributed by atoms with E-state index >= 15 is 0 Å². The quantitative estimate of drug-likeness (QED) is 0.672. The lowest BCUT2D eigenvalue weighted by atomic mass is 10.2. The summed E-state index contributed by atoms with van der Waals surface area (Å²) in [5, 5.41) is 3.35. The van der Waals surface area contributed by atoms with Gasteiger partial charge < -0.3 is 10.1 Å². The fraction of sp³-hybridized carbons (Fsp3) is 0.100. The largest absolute Gasteiger partial charge is 0.496 e. The van der Waals surface area contributed by atoms with Gasteiger partial charge in [-0.3, -0.25) is 9.69 Å². The average molecular weight is 350 g/mol. The Morgan fingerprint density at radius 3 is 2.56 bits per heavy atom. The van der Waals surface area contributed by atoms with Crippen LogP contribution in [0.1, 0.15) is 11.1 Å². The first-order valence-corrected chi connectivity index (χ1v) is 8.24. The first kappa shape index (κ1) is 16.9. The molecule has 0 radical (unpaired) electrons. The van der Waals surface area contributed by atoms with Gasteiger partial charge in [0.15, 0.2) is 5.11 Å². The van der Waals surface area contributed by atoms with Gasteiger partial charge in [-0.25, -0.2) is 0 Å². The number of hydrogen-bond donors (Lipinski definition) is 1. The Hall–Kier alpha value is -2.92. The summed E-state index contributed by atoms with van der Waals surface area (Å²) >= 11 is 5.30. The van der Waals surface area contributed by atoms with Gasteiger partial charge in [0.2, 0.25) is 0 Å². The number of anilines is 1.